The molecule has 0 aliphatic heterocycles. The number of hydrogen-bond acceptors (Lipinski definition) is 7. The van der Waals surface area contributed by atoms with Gasteiger partial charge in [0.2, 0.25) is 5.91 Å². The van der Waals surface area contributed by atoms with Crippen LogP contribution in [0.2, 0.25) is 0 Å². The molecule has 1 atom stereocenters. The Morgan fingerprint density at radius 3 is 2.23 bits per heavy atom. The molecule has 0 saturated carbocycles. The van der Waals surface area contributed by atoms with E-state index >= 15 is 0 Å². The van der Waals surface area contributed by atoms with Crippen molar-refractivity contribution >= 4 is 27.5 Å². The van der Waals surface area contributed by atoms with Crippen molar-refractivity contribution in [2.24, 2.45) is 0 Å². The lowest BCUT2D eigenvalue weighted by atomic mass is 10.1. The molecule has 12 heteroatoms. The highest BCUT2D eigenvalue weighted by molar-refractivity contribution is 7.92. The van der Waals surface area contributed by atoms with Gasteiger partial charge in [0.25, 0.3) is 15.9 Å². The first-order valence-corrected chi connectivity index (χ1v) is 14.7. The second-order valence-electron chi connectivity index (χ2n) is 9.50. The standard InChI is InChI=1S/C31H31FN4O6S/c1-22(31(38)34-19-24-4-3-17-33-18-24)36(20-23-5-11-27(41-2)12-6-23)30(37)21-42-28-13-15-29(16-14-28)43(39,40)35-26-9-7-25(32)8-10-26/h3-18,22,35H,19-21H2,1-2H3,(H,34,38). The first-order chi connectivity index (χ1) is 20.6. The maximum atomic E-state index is 13.4. The molecule has 0 aliphatic carbocycles. The summed E-state index contributed by atoms with van der Waals surface area (Å²) in [5, 5.41) is 2.84. The number of nitrogens with zero attached hydrogens (tertiary/aromatic N) is 2. The number of ether oxygens (including phenoxy) is 2. The third kappa shape index (κ3) is 8.76. The Hall–Kier alpha value is -4.97. The number of hydrogen-bond donors (Lipinski definition) is 2. The smallest absolute Gasteiger partial charge is 0.261 e. The highest BCUT2D eigenvalue weighted by Gasteiger charge is 2.26. The van der Waals surface area contributed by atoms with Crippen LogP contribution in [-0.4, -0.2) is 49.9 Å². The van der Waals surface area contributed by atoms with E-state index in [1.807, 2.05) is 6.07 Å². The minimum atomic E-state index is -3.93. The van der Waals surface area contributed by atoms with Crippen LogP contribution in [0.1, 0.15) is 18.1 Å². The normalized spacial score (nSPS) is 11.7. The van der Waals surface area contributed by atoms with Gasteiger partial charge in [0.1, 0.15) is 23.4 Å². The summed E-state index contributed by atoms with van der Waals surface area (Å²) >= 11 is 0. The van der Waals surface area contributed by atoms with Gasteiger partial charge in [-0.15, -0.1) is 0 Å². The number of amides is 2. The van der Waals surface area contributed by atoms with E-state index in [-0.39, 0.29) is 35.3 Å². The van der Waals surface area contributed by atoms with Crippen LogP contribution < -0.4 is 19.5 Å². The number of carbonyl (C=O) groups is 2. The Labute approximate surface area is 249 Å². The second-order valence-corrected chi connectivity index (χ2v) is 11.2. The van der Waals surface area contributed by atoms with Crippen LogP contribution in [-0.2, 0) is 32.7 Å². The van der Waals surface area contributed by atoms with E-state index in [0.29, 0.717) is 5.75 Å². The molecule has 1 unspecified atom stereocenters. The van der Waals surface area contributed by atoms with E-state index in [1.165, 1.54) is 41.3 Å². The van der Waals surface area contributed by atoms with Gasteiger partial charge >= 0.3 is 0 Å². The van der Waals surface area contributed by atoms with Crippen molar-refractivity contribution in [3.05, 3.63) is 114 Å². The Kier molecular flexibility index (Phi) is 10.3. The predicted octanol–water partition coefficient (Wildman–Crippen LogP) is 4.14. The zero-order chi connectivity index (χ0) is 30.8. The van der Waals surface area contributed by atoms with Gasteiger partial charge in [0.15, 0.2) is 6.61 Å². The molecule has 1 aromatic heterocycles. The average Bonchev–Trinajstić information content (AvgIpc) is 3.03. The Morgan fingerprint density at radius 1 is 0.930 bits per heavy atom. The summed E-state index contributed by atoms with van der Waals surface area (Å²) in [6.07, 6.45) is 3.29. The van der Waals surface area contributed by atoms with Gasteiger partial charge in [-0.05, 0) is 84.8 Å². The van der Waals surface area contributed by atoms with Crippen LogP contribution in [0.25, 0.3) is 0 Å². The lowest BCUT2D eigenvalue weighted by molar-refractivity contribution is -0.142. The summed E-state index contributed by atoms with van der Waals surface area (Å²) in [7, 11) is -2.38. The maximum absolute atomic E-state index is 13.4. The molecule has 0 radical (unpaired) electrons. The van der Waals surface area contributed by atoms with Crippen molar-refractivity contribution < 1.29 is 31.9 Å². The monoisotopic (exact) mass is 606 g/mol. The van der Waals surface area contributed by atoms with Gasteiger partial charge in [0.05, 0.1) is 12.0 Å². The molecule has 10 nitrogen and oxygen atoms in total. The number of rotatable bonds is 13. The highest BCUT2D eigenvalue weighted by Crippen LogP contribution is 2.20. The summed E-state index contributed by atoms with van der Waals surface area (Å²) in [6.45, 7) is 1.63. The van der Waals surface area contributed by atoms with E-state index in [1.54, 1.807) is 56.8 Å². The number of anilines is 1. The van der Waals surface area contributed by atoms with Crippen molar-refractivity contribution in [2.75, 3.05) is 18.4 Å². The zero-order valence-corrected chi connectivity index (χ0v) is 24.4. The quantitative estimate of drug-likeness (QED) is 0.234. The lowest BCUT2D eigenvalue weighted by Crippen LogP contribution is -2.48. The topological polar surface area (TPSA) is 127 Å². The van der Waals surface area contributed by atoms with Gasteiger partial charge in [-0.2, -0.15) is 0 Å². The third-order valence-corrected chi connectivity index (χ3v) is 7.86. The minimum absolute atomic E-state index is 0.0458. The van der Waals surface area contributed by atoms with Crippen LogP contribution in [0.5, 0.6) is 11.5 Å². The fourth-order valence-electron chi connectivity index (χ4n) is 4.02. The summed E-state index contributed by atoms with van der Waals surface area (Å²) < 4.78 is 51.8. The van der Waals surface area contributed by atoms with Crippen LogP contribution in [0.3, 0.4) is 0 Å². The van der Waals surface area contributed by atoms with Crippen molar-refractivity contribution in [2.45, 2.75) is 31.0 Å². The van der Waals surface area contributed by atoms with Crippen molar-refractivity contribution in [3.8, 4) is 11.5 Å². The molecule has 2 N–H and O–H groups in total. The fraction of sp³-hybridized carbons (Fsp3) is 0.194. The summed E-state index contributed by atoms with van der Waals surface area (Å²) in [4.78, 5) is 31.8. The minimum Gasteiger partial charge on any atom is -0.497 e. The number of carbonyl (C=O) groups excluding carboxylic acids is 2. The van der Waals surface area contributed by atoms with Crippen LogP contribution >= 0.6 is 0 Å². The average molecular weight is 607 g/mol. The molecular weight excluding hydrogens is 575 g/mol. The fourth-order valence-corrected chi connectivity index (χ4v) is 5.08. The molecule has 0 saturated heterocycles. The second kappa shape index (κ2) is 14.3. The Morgan fingerprint density at radius 2 is 1.60 bits per heavy atom. The largest absolute Gasteiger partial charge is 0.497 e. The van der Waals surface area contributed by atoms with E-state index in [0.717, 1.165) is 23.3 Å². The van der Waals surface area contributed by atoms with Crippen LogP contribution in [0, 0.1) is 5.82 Å². The first-order valence-electron chi connectivity index (χ1n) is 13.2. The lowest BCUT2D eigenvalue weighted by Gasteiger charge is -2.29. The van der Waals surface area contributed by atoms with E-state index < -0.39 is 34.4 Å². The molecular formula is C31H31FN4O6S. The van der Waals surface area contributed by atoms with E-state index in [9.17, 15) is 22.4 Å². The molecule has 224 valence electrons. The molecule has 0 spiro atoms. The zero-order valence-electron chi connectivity index (χ0n) is 23.6. The van der Waals surface area contributed by atoms with E-state index in [4.69, 9.17) is 9.47 Å². The SMILES string of the molecule is COc1ccc(CN(C(=O)COc2ccc(S(=O)(=O)Nc3ccc(F)cc3)cc2)C(C)C(=O)NCc2cccnc2)cc1. The molecule has 2 amide bonds. The first kappa shape index (κ1) is 31.0. The predicted molar refractivity (Wildman–Crippen MR) is 158 cm³/mol. The number of pyridine rings is 1. The molecule has 4 aromatic rings. The van der Waals surface area contributed by atoms with Gasteiger partial charge in [-0.25, -0.2) is 12.8 Å². The van der Waals surface area contributed by atoms with E-state index in [2.05, 4.69) is 15.0 Å². The maximum Gasteiger partial charge on any atom is 0.261 e. The summed E-state index contributed by atoms with van der Waals surface area (Å²) in [6, 6.07) is 20.3. The summed E-state index contributed by atoms with van der Waals surface area (Å²) in [5.74, 6) is -0.373. The summed E-state index contributed by atoms with van der Waals surface area (Å²) in [5.41, 5.74) is 1.81. The molecule has 3 aromatic carbocycles. The number of methoxy groups -OCH3 is 1. The molecule has 4 rings (SSSR count). The van der Waals surface area contributed by atoms with Gasteiger partial charge in [-0.1, -0.05) is 18.2 Å². The van der Waals surface area contributed by atoms with Crippen molar-refractivity contribution in [1.29, 1.82) is 0 Å². The molecule has 43 heavy (non-hydrogen) atoms. The highest BCUT2D eigenvalue weighted by atomic mass is 32.2. The Bertz CT molecular complexity index is 1620. The number of benzene rings is 3. The molecule has 0 bridgehead atoms. The third-order valence-electron chi connectivity index (χ3n) is 6.46. The number of aromatic nitrogens is 1. The molecule has 0 aliphatic rings. The van der Waals surface area contributed by atoms with Crippen LogP contribution in [0.4, 0.5) is 10.1 Å². The number of sulfonamides is 1. The van der Waals surface area contributed by atoms with Crippen molar-refractivity contribution in [3.63, 3.8) is 0 Å². The number of halogens is 1. The van der Waals surface area contributed by atoms with Crippen molar-refractivity contribution in [1.82, 2.24) is 15.2 Å². The Balaban J connectivity index is 1.42. The van der Waals surface area contributed by atoms with Gasteiger partial charge < -0.3 is 19.7 Å². The van der Waals surface area contributed by atoms with Crippen LogP contribution in [0.15, 0.2) is 102 Å². The number of nitrogens with one attached hydrogen (secondary N) is 2. The molecule has 0 fully saturated rings. The van der Waals surface area contributed by atoms with Gasteiger partial charge in [-0.3, -0.25) is 19.3 Å². The van der Waals surface area contributed by atoms with Gasteiger partial charge in [0, 0.05) is 31.2 Å². The molecule has 1 heterocycles.